The molecule has 0 saturated carbocycles. The summed E-state index contributed by atoms with van der Waals surface area (Å²) in [4.78, 5) is 37.6. The van der Waals surface area contributed by atoms with Crippen molar-refractivity contribution in [2.75, 3.05) is 12.4 Å². The molecule has 0 saturated heterocycles. The lowest BCUT2D eigenvalue weighted by atomic mass is 10.1. The first-order valence-corrected chi connectivity index (χ1v) is 10.6. The Morgan fingerprint density at radius 3 is 2.62 bits per heavy atom. The first-order chi connectivity index (χ1) is 16.4. The number of nitrogens with one attached hydrogen (secondary N) is 1. The van der Waals surface area contributed by atoms with Crippen molar-refractivity contribution in [1.29, 1.82) is 0 Å². The van der Waals surface area contributed by atoms with Crippen molar-refractivity contribution in [3.63, 3.8) is 0 Å². The number of fused-ring (bicyclic) bond motifs is 1. The number of carbonyl (C=O) groups is 2. The molecule has 1 unspecified atom stereocenters. The number of carbonyl (C=O) groups excluding carboxylic acids is 2. The zero-order valence-corrected chi connectivity index (χ0v) is 18.7. The Bertz CT molecular complexity index is 1240. The fourth-order valence-electron chi connectivity index (χ4n) is 3.79. The van der Waals surface area contributed by atoms with E-state index in [0.29, 0.717) is 29.3 Å². The summed E-state index contributed by atoms with van der Waals surface area (Å²) in [7, 11) is 1.59. The molecule has 3 aromatic carbocycles. The van der Waals surface area contributed by atoms with E-state index in [-0.39, 0.29) is 18.1 Å². The van der Waals surface area contributed by atoms with Crippen LogP contribution >= 0.6 is 0 Å². The lowest BCUT2D eigenvalue weighted by molar-refractivity contribution is -0.384. The molecule has 34 heavy (non-hydrogen) atoms. The fraction of sp³-hybridized carbons (Fsp3) is 0.200. The number of hydrogen-bond acceptors (Lipinski definition) is 6. The molecule has 1 heterocycles. The van der Waals surface area contributed by atoms with Gasteiger partial charge in [0, 0.05) is 47.6 Å². The van der Waals surface area contributed by atoms with Crippen molar-refractivity contribution >= 4 is 23.2 Å². The van der Waals surface area contributed by atoms with Crippen LogP contribution in [0.4, 0.5) is 11.4 Å². The topological polar surface area (TPSA) is 111 Å². The molecular formula is C25H23N3O6. The maximum absolute atomic E-state index is 13.0. The maximum atomic E-state index is 13.0. The zero-order valence-electron chi connectivity index (χ0n) is 18.7. The second-order valence-electron chi connectivity index (χ2n) is 7.85. The Balaban J connectivity index is 1.55. The number of nitro benzene ring substituents is 1. The van der Waals surface area contributed by atoms with Gasteiger partial charge < -0.3 is 19.7 Å². The Hall–Kier alpha value is -4.40. The normalized spacial score (nSPS) is 15.1. The van der Waals surface area contributed by atoms with Gasteiger partial charge in [0.05, 0.1) is 12.0 Å². The van der Waals surface area contributed by atoms with Crippen molar-refractivity contribution < 1.29 is 24.0 Å². The van der Waals surface area contributed by atoms with E-state index >= 15 is 0 Å². The van der Waals surface area contributed by atoms with Crippen molar-refractivity contribution in [3.8, 4) is 11.5 Å². The number of para-hydroxylation sites is 1. The highest BCUT2D eigenvalue weighted by atomic mass is 16.6. The highest BCUT2D eigenvalue weighted by Crippen LogP contribution is 2.30. The van der Waals surface area contributed by atoms with Gasteiger partial charge in [0.1, 0.15) is 11.5 Å². The second kappa shape index (κ2) is 9.62. The number of nitro groups is 1. The molecule has 0 spiro atoms. The maximum Gasteiger partial charge on any atom is 0.269 e. The number of non-ortho nitro benzene ring substituents is 1. The van der Waals surface area contributed by atoms with Gasteiger partial charge in [0.15, 0.2) is 6.10 Å². The molecule has 0 bridgehead atoms. The summed E-state index contributed by atoms with van der Waals surface area (Å²) in [6.07, 6.45) is -0.670. The molecule has 4 rings (SSSR count). The molecule has 0 aliphatic carbocycles. The van der Waals surface area contributed by atoms with Gasteiger partial charge in [-0.1, -0.05) is 18.2 Å². The van der Waals surface area contributed by atoms with Gasteiger partial charge >= 0.3 is 0 Å². The molecule has 174 valence electrons. The predicted octanol–water partition coefficient (Wildman–Crippen LogP) is 4.17. The Kier molecular flexibility index (Phi) is 6.44. The van der Waals surface area contributed by atoms with Crippen LogP contribution in [0.5, 0.6) is 11.5 Å². The van der Waals surface area contributed by atoms with E-state index in [1.165, 1.54) is 24.3 Å². The SMILES string of the molecule is COc1ccccc1CN1Cc2cc(NC(=O)c3ccc([N+](=O)[O-])cc3)ccc2OC(C)C1=O. The van der Waals surface area contributed by atoms with Gasteiger partial charge in [0.25, 0.3) is 17.5 Å². The average molecular weight is 461 g/mol. The Labute approximate surface area is 196 Å². The fourth-order valence-corrected chi connectivity index (χ4v) is 3.79. The van der Waals surface area contributed by atoms with Crippen molar-refractivity contribution in [2.45, 2.75) is 26.1 Å². The summed E-state index contributed by atoms with van der Waals surface area (Å²) >= 11 is 0. The van der Waals surface area contributed by atoms with E-state index in [9.17, 15) is 19.7 Å². The lowest BCUT2D eigenvalue weighted by Crippen LogP contribution is -2.37. The van der Waals surface area contributed by atoms with E-state index in [4.69, 9.17) is 9.47 Å². The van der Waals surface area contributed by atoms with Gasteiger partial charge in [-0.15, -0.1) is 0 Å². The highest BCUT2D eigenvalue weighted by molar-refractivity contribution is 6.04. The van der Waals surface area contributed by atoms with E-state index in [0.717, 1.165) is 11.1 Å². The number of methoxy groups -OCH3 is 1. The second-order valence-corrected chi connectivity index (χ2v) is 7.85. The number of benzene rings is 3. The van der Waals surface area contributed by atoms with Gasteiger partial charge in [-0.3, -0.25) is 19.7 Å². The largest absolute Gasteiger partial charge is 0.496 e. The van der Waals surface area contributed by atoms with E-state index in [2.05, 4.69) is 5.32 Å². The number of anilines is 1. The van der Waals surface area contributed by atoms with Crippen LogP contribution in [-0.4, -0.2) is 34.9 Å². The third kappa shape index (κ3) is 4.83. The summed E-state index contributed by atoms with van der Waals surface area (Å²) in [5.41, 5.74) is 2.33. The van der Waals surface area contributed by atoms with Crippen molar-refractivity contribution in [3.05, 3.63) is 93.5 Å². The average Bonchev–Trinajstić information content (AvgIpc) is 2.95. The van der Waals surface area contributed by atoms with Gasteiger partial charge in [-0.05, 0) is 43.3 Å². The van der Waals surface area contributed by atoms with Gasteiger partial charge in [-0.25, -0.2) is 0 Å². The van der Waals surface area contributed by atoms with E-state index in [1.807, 2.05) is 24.3 Å². The van der Waals surface area contributed by atoms with Crippen LogP contribution in [-0.2, 0) is 17.9 Å². The number of amides is 2. The monoisotopic (exact) mass is 461 g/mol. The third-order valence-corrected chi connectivity index (χ3v) is 5.54. The summed E-state index contributed by atoms with van der Waals surface area (Å²) in [6.45, 7) is 2.34. The quantitative estimate of drug-likeness (QED) is 0.436. The van der Waals surface area contributed by atoms with Crippen LogP contribution in [0.25, 0.3) is 0 Å². The van der Waals surface area contributed by atoms with Crippen LogP contribution in [0.3, 0.4) is 0 Å². The van der Waals surface area contributed by atoms with Crippen LogP contribution in [0.1, 0.15) is 28.4 Å². The van der Waals surface area contributed by atoms with Crippen LogP contribution in [0.2, 0.25) is 0 Å². The highest BCUT2D eigenvalue weighted by Gasteiger charge is 2.28. The Morgan fingerprint density at radius 2 is 1.91 bits per heavy atom. The predicted molar refractivity (Wildman–Crippen MR) is 125 cm³/mol. The lowest BCUT2D eigenvalue weighted by Gasteiger charge is -2.23. The third-order valence-electron chi connectivity index (χ3n) is 5.54. The van der Waals surface area contributed by atoms with E-state index in [1.54, 1.807) is 37.1 Å². The molecule has 0 fully saturated rings. The minimum atomic E-state index is -0.670. The minimum Gasteiger partial charge on any atom is -0.496 e. The molecular weight excluding hydrogens is 438 g/mol. The molecule has 0 radical (unpaired) electrons. The molecule has 9 heteroatoms. The smallest absolute Gasteiger partial charge is 0.269 e. The number of nitrogens with zero attached hydrogens (tertiary/aromatic N) is 2. The minimum absolute atomic E-state index is 0.0901. The molecule has 1 N–H and O–H groups in total. The summed E-state index contributed by atoms with van der Waals surface area (Å²) in [5, 5.41) is 13.6. The van der Waals surface area contributed by atoms with Crippen molar-refractivity contribution in [2.24, 2.45) is 0 Å². The van der Waals surface area contributed by atoms with Gasteiger partial charge in [0.2, 0.25) is 0 Å². The number of hydrogen-bond donors (Lipinski definition) is 1. The molecule has 2 amide bonds. The summed E-state index contributed by atoms with van der Waals surface area (Å²) in [5.74, 6) is 0.701. The van der Waals surface area contributed by atoms with Crippen molar-refractivity contribution in [1.82, 2.24) is 4.90 Å². The molecule has 1 aliphatic heterocycles. The first kappa shape index (κ1) is 22.8. The Morgan fingerprint density at radius 1 is 1.18 bits per heavy atom. The van der Waals surface area contributed by atoms with Crippen LogP contribution in [0.15, 0.2) is 66.7 Å². The number of rotatable bonds is 6. The standard InChI is InChI=1S/C25H23N3O6/c1-16-25(30)27(14-18-5-3-4-6-22(18)33-2)15-19-13-20(9-12-23(19)34-16)26-24(29)17-7-10-21(11-8-17)28(31)32/h3-13,16H,14-15H2,1-2H3,(H,26,29). The molecule has 3 aromatic rings. The molecule has 9 nitrogen and oxygen atoms in total. The summed E-state index contributed by atoms with van der Waals surface area (Å²) in [6, 6.07) is 18.0. The first-order valence-electron chi connectivity index (χ1n) is 10.6. The van der Waals surface area contributed by atoms with Crippen LogP contribution in [0, 0.1) is 10.1 Å². The summed E-state index contributed by atoms with van der Waals surface area (Å²) < 4.78 is 11.3. The zero-order chi connectivity index (χ0) is 24.2. The molecule has 1 aliphatic rings. The van der Waals surface area contributed by atoms with Gasteiger partial charge in [-0.2, -0.15) is 0 Å². The van der Waals surface area contributed by atoms with Crippen LogP contribution < -0.4 is 14.8 Å². The molecule has 1 atom stereocenters. The van der Waals surface area contributed by atoms with E-state index < -0.39 is 16.9 Å². The molecule has 0 aromatic heterocycles. The number of ether oxygens (including phenoxy) is 2.